The number of aromatic nitrogens is 1. The van der Waals surface area contributed by atoms with Crippen molar-refractivity contribution in [2.24, 2.45) is 4.99 Å². The Labute approximate surface area is 186 Å². The highest BCUT2D eigenvalue weighted by Gasteiger charge is 2.19. The van der Waals surface area contributed by atoms with Crippen molar-refractivity contribution in [3.05, 3.63) is 83.0 Å². The predicted octanol–water partition coefficient (Wildman–Crippen LogP) is 5.73. The van der Waals surface area contributed by atoms with E-state index in [9.17, 15) is 0 Å². The maximum Gasteiger partial charge on any atom is 0.128 e. The van der Waals surface area contributed by atoms with Gasteiger partial charge in [0.05, 0.1) is 5.69 Å². The van der Waals surface area contributed by atoms with Crippen LogP contribution in [0.5, 0.6) is 0 Å². The molecule has 160 valence electrons. The topological polar surface area (TPSA) is 31.7 Å². The molecule has 0 atom stereocenters. The van der Waals surface area contributed by atoms with Crippen LogP contribution in [0, 0.1) is 13.8 Å². The molecule has 0 saturated carbocycles. The van der Waals surface area contributed by atoms with Crippen molar-refractivity contribution in [1.82, 2.24) is 4.98 Å². The Balaban J connectivity index is 1.43. The van der Waals surface area contributed by atoms with E-state index in [0.717, 1.165) is 55.4 Å². The zero-order valence-corrected chi connectivity index (χ0v) is 19.1. The molecule has 0 radical (unpaired) electrons. The lowest BCUT2D eigenvalue weighted by molar-refractivity contribution is 0.645. The number of aliphatic imine (C=N–C) groups is 1. The summed E-state index contributed by atoms with van der Waals surface area (Å²) in [5.41, 5.74) is 8.32. The van der Waals surface area contributed by atoms with E-state index in [1.165, 1.54) is 22.4 Å². The van der Waals surface area contributed by atoms with Crippen molar-refractivity contribution < 1.29 is 0 Å². The molecule has 4 nitrogen and oxygen atoms in total. The van der Waals surface area contributed by atoms with Crippen molar-refractivity contribution >= 4 is 22.9 Å². The van der Waals surface area contributed by atoms with Gasteiger partial charge in [0, 0.05) is 49.3 Å². The van der Waals surface area contributed by atoms with Gasteiger partial charge in [-0.05, 0) is 68.1 Å². The van der Waals surface area contributed by atoms with Crippen molar-refractivity contribution in [2.45, 2.75) is 34.1 Å². The number of rotatable bonds is 5. The van der Waals surface area contributed by atoms with Gasteiger partial charge in [-0.25, -0.2) is 4.98 Å². The molecule has 31 heavy (non-hydrogen) atoms. The summed E-state index contributed by atoms with van der Waals surface area (Å²) in [5.74, 6) is 1.05. The average Bonchev–Trinajstić information content (AvgIpc) is 2.81. The zero-order chi connectivity index (χ0) is 21.8. The fourth-order valence-electron chi connectivity index (χ4n) is 4.17. The molecule has 1 aliphatic rings. The Hall–Kier alpha value is -3.14. The second kappa shape index (κ2) is 9.34. The number of anilines is 2. The Morgan fingerprint density at radius 2 is 1.68 bits per heavy atom. The Morgan fingerprint density at radius 1 is 0.935 bits per heavy atom. The smallest absolute Gasteiger partial charge is 0.128 e. The lowest BCUT2D eigenvalue weighted by atomic mass is 10.1. The molecular formula is C27H32N4. The molecule has 2 aromatic carbocycles. The molecule has 0 N–H and O–H groups in total. The van der Waals surface area contributed by atoms with Crippen LogP contribution in [0.2, 0.25) is 0 Å². The summed E-state index contributed by atoms with van der Waals surface area (Å²) in [5, 5.41) is 0. The molecule has 1 fully saturated rings. The number of para-hydroxylation sites is 1. The Bertz CT molecular complexity index is 1060. The van der Waals surface area contributed by atoms with Gasteiger partial charge in [0.2, 0.25) is 0 Å². The minimum Gasteiger partial charge on any atom is -0.368 e. The van der Waals surface area contributed by atoms with E-state index in [1.807, 2.05) is 6.20 Å². The van der Waals surface area contributed by atoms with E-state index < -0.39 is 0 Å². The SMILES string of the molecule is CCc1ccccc1N1CCN(c2ccc(C(C)=Nc3cc(C)ccc3C)cn2)CC1. The van der Waals surface area contributed by atoms with Gasteiger partial charge in [0.15, 0.2) is 0 Å². The maximum absolute atomic E-state index is 4.85. The van der Waals surface area contributed by atoms with Crippen molar-refractivity contribution in [3.63, 3.8) is 0 Å². The summed E-state index contributed by atoms with van der Waals surface area (Å²) < 4.78 is 0. The summed E-state index contributed by atoms with van der Waals surface area (Å²) in [7, 11) is 0. The van der Waals surface area contributed by atoms with E-state index in [2.05, 4.69) is 92.1 Å². The number of aryl methyl sites for hydroxylation is 3. The maximum atomic E-state index is 4.85. The largest absolute Gasteiger partial charge is 0.368 e. The molecular weight excluding hydrogens is 380 g/mol. The minimum atomic E-state index is 0.986. The number of hydrogen-bond donors (Lipinski definition) is 0. The molecule has 0 spiro atoms. The van der Waals surface area contributed by atoms with Gasteiger partial charge in [0.1, 0.15) is 5.82 Å². The summed E-state index contributed by atoms with van der Waals surface area (Å²) >= 11 is 0. The van der Waals surface area contributed by atoms with E-state index in [1.54, 1.807) is 0 Å². The summed E-state index contributed by atoms with van der Waals surface area (Å²) in [4.78, 5) is 14.5. The van der Waals surface area contributed by atoms with Crippen molar-refractivity contribution in [2.75, 3.05) is 36.0 Å². The summed E-state index contributed by atoms with van der Waals surface area (Å²) in [6.07, 6.45) is 3.03. The Morgan fingerprint density at radius 3 is 2.39 bits per heavy atom. The van der Waals surface area contributed by atoms with Gasteiger partial charge in [-0.15, -0.1) is 0 Å². The normalized spacial score (nSPS) is 14.8. The zero-order valence-electron chi connectivity index (χ0n) is 19.1. The van der Waals surface area contributed by atoms with Gasteiger partial charge >= 0.3 is 0 Å². The fraction of sp³-hybridized carbons (Fsp3) is 0.333. The number of pyridine rings is 1. The van der Waals surface area contributed by atoms with Crippen LogP contribution in [0.15, 0.2) is 65.8 Å². The van der Waals surface area contributed by atoms with Crippen LogP contribution in [-0.2, 0) is 6.42 Å². The molecule has 0 aliphatic carbocycles. The first-order chi connectivity index (χ1) is 15.0. The molecule has 0 bridgehead atoms. The van der Waals surface area contributed by atoms with Crippen molar-refractivity contribution in [1.29, 1.82) is 0 Å². The standard InChI is InChI=1S/C27H32N4/c1-5-23-8-6-7-9-26(23)30-14-16-31(17-15-30)27-13-12-24(19-28-27)22(4)29-25-18-20(2)10-11-21(25)3/h6-13,18-19H,5,14-17H2,1-4H3. The lowest BCUT2D eigenvalue weighted by Gasteiger charge is -2.37. The summed E-state index contributed by atoms with van der Waals surface area (Å²) in [6, 6.07) is 19.4. The van der Waals surface area contributed by atoms with Crippen LogP contribution in [-0.4, -0.2) is 36.9 Å². The van der Waals surface area contributed by atoms with Gasteiger partial charge in [0.25, 0.3) is 0 Å². The second-order valence-electron chi connectivity index (χ2n) is 8.35. The fourth-order valence-corrected chi connectivity index (χ4v) is 4.17. The molecule has 0 unspecified atom stereocenters. The quantitative estimate of drug-likeness (QED) is 0.502. The number of nitrogens with zero attached hydrogens (tertiary/aromatic N) is 4. The van der Waals surface area contributed by atoms with E-state index in [4.69, 9.17) is 9.98 Å². The molecule has 1 aliphatic heterocycles. The van der Waals surface area contributed by atoms with Crippen LogP contribution >= 0.6 is 0 Å². The third-order valence-electron chi connectivity index (χ3n) is 6.14. The first kappa shape index (κ1) is 21.1. The van der Waals surface area contributed by atoms with Gasteiger partial charge in [-0.3, -0.25) is 4.99 Å². The second-order valence-corrected chi connectivity index (χ2v) is 8.35. The highest BCUT2D eigenvalue weighted by molar-refractivity contribution is 6.00. The van der Waals surface area contributed by atoms with Crippen LogP contribution in [0.1, 0.15) is 36.1 Å². The molecule has 3 aromatic rings. The van der Waals surface area contributed by atoms with Crippen molar-refractivity contribution in [3.8, 4) is 0 Å². The average molecular weight is 413 g/mol. The molecule has 2 heterocycles. The molecule has 1 saturated heterocycles. The van der Waals surface area contributed by atoms with E-state index >= 15 is 0 Å². The van der Waals surface area contributed by atoms with Gasteiger partial charge < -0.3 is 9.80 Å². The third-order valence-corrected chi connectivity index (χ3v) is 6.14. The first-order valence-electron chi connectivity index (χ1n) is 11.2. The highest BCUT2D eigenvalue weighted by Crippen LogP contribution is 2.24. The third kappa shape index (κ3) is 4.79. The minimum absolute atomic E-state index is 0.986. The molecule has 0 amide bonds. The van der Waals surface area contributed by atoms with Crippen LogP contribution < -0.4 is 9.80 Å². The number of hydrogen-bond acceptors (Lipinski definition) is 4. The first-order valence-corrected chi connectivity index (χ1v) is 11.2. The van der Waals surface area contributed by atoms with Gasteiger partial charge in [-0.2, -0.15) is 0 Å². The van der Waals surface area contributed by atoms with Crippen LogP contribution in [0.25, 0.3) is 0 Å². The van der Waals surface area contributed by atoms with E-state index in [-0.39, 0.29) is 0 Å². The lowest BCUT2D eigenvalue weighted by Crippen LogP contribution is -2.47. The van der Waals surface area contributed by atoms with Crippen LogP contribution in [0.3, 0.4) is 0 Å². The van der Waals surface area contributed by atoms with Gasteiger partial charge in [-0.1, -0.05) is 37.3 Å². The van der Waals surface area contributed by atoms with E-state index in [0.29, 0.717) is 0 Å². The molecule has 1 aromatic heterocycles. The predicted molar refractivity (Wildman–Crippen MR) is 132 cm³/mol. The number of piperazine rings is 1. The molecule has 4 rings (SSSR count). The summed E-state index contributed by atoms with van der Waals surface area (Å²) in [6.45, 7) is 12.5. The molecule has 4 heteroatoms. The van der Waals surface area contributed by atoms with Crippen LogP contribution in [0.4, 0.5) is 17.2 Å². The monoisotopic (exact) mass is 412 g/mol. The Kier molecular flexibility index (Phi) is 6.36. The highest BCUT2D eigenvalue weighted by atomic mass is 15.3. The number of benzene rings is 2.